The number of rotatable bonds is 6. The normalized spacial score (nSPS) is 23.7. The number of nitrogens with one attached hydrogen (secondary N) is 1. The molecule has 0 atom stereocenters. The molecule has 0 saturated heterocycles. The molecule has 2 saturated carbocycles. The predicted octanol–water partition coefficient (Wildman–Crippen LogP) is 4.74. The Labute approximate surface area is 115 Å². The van der Waals surface area contributed by atoms with Crippen molar-refractivity contribution in [3.8, 4) is 0 Å². The van der Waals surface area contributed by atoms with Gasteiger partial charge in [0.05, 0.1) is 0 Å². The maximum absolute atomic E-state index is 3.57. The van der Waals surface area contributed by atoms with Gasteiger partial charge in [0, 0.05) is 0 Å². The number of hydrogen-bond acceptors (Lipinski definition) is 1. The lowest BCUT2D eigenvalue weighted by Gasteiger charge is -2.38. The van der Waals surface area contributed by atoms with Crippen molar-refractivity contribution in [1.82, 2.24) is 5.32 Å². The zero-order valence-electron chi connectivity index (χ0n) is 12.3. The first kappa shape index (κ1) is 14.8. The highest BCUT2D eigenvalue weighted by Crippen LogP contribution is 2.55. The van der Waals surface area contributed by atoms with Crippen molar-refractivity contribution in [1.29, 1.82) is 0 Å². The van der Waals surface area contributed by atoms with Gasteiger partial charge in [-0.05, 0) is 56.3 Å². The van der Waals surface area contributed by atoms with E-state index in [0.717, 1.165) is 17.9 Å². The lowest BCUT2D eigenvalue weighted by atomic mass is 9.99. The fourth-order valence-electron chi connectivity index (χ4n) is 3.87. The Kier molecular flexibility index (Phi) is 7.02. The minimum atomic E-state index is 0.329. The number of hydrogen-bond donors (Lipinski definition) is 1. The molecular formula is C16H32NP. The first-order valence-electron chi connectivity index (χ1n) is 8.38. The third-order valence-corrected chi connectivity index (χ3v) is 8.53. The zero-order chi connectivity index (χ0) is 12.6. The van der Waals surface area contributed by atoms with Crippen molar-refractivity contribution in [2.75, 3.05) is 19.3 Å². The third kappa shape index (κ3) is 4.49. The van der Waals surface area contributed by atoms with Crippen molar-refractivity contribution in [2.24, 2.45) is 0 Å². The smallest absolute Gasteiger partial charge is 0.000942 e. The van der Waals surface area contributed by atoms with E-state index >= 15 is 0 Å². The Hall–Kier alpha value is 0.390. The van der Waals surface area contributed by atoms with Gasteiger partial charge in [-0.1, -0.05) is 53.4 Å². The van der Waals surface area contributed by atoms with E-state index in [4.69, 9.17) is 0 Å². The summed E-state index contributed by atoms with van der Waals surface area (Å²) in [5, 5.41) is 3.57. The standard InChI is InChI=1S/C16H32NP/c1-2-17-13-14-18(15-9-5-3-6-10-15)16-11-7-4-8-12-16/h15-17H,2-14H2,1H3. The minimum Gasteiger partial charge on any atom is -0.317 e. The van der Waals surface area contributed by atoms with Crippen LogP contribution in [0.25, 0.3) is 0 Å². The topological polar surface area (TPSA) is 12.0 Å². The van der Waals surface area contributed by atoms with Gasteiger partial charge in [-0.25, -0.2) is 0 Å². The largest absolute Gasteiger partial charge is 0.317 e. The van der Waals surface area contributed by atoms with Crippen LogP contribution < -0.4 is 5.32 Å². The van der Waals surface area contributed by atoms with Gasteiger partial charge in [-0.3, -0.25) is 0 Å². The van der Waals surface area contributed by atoms with Crippen LogP contribution in [0.2, 0.25) is 0 Å². The molecule has 2 aliphatic carbocycles. The molecule has 0 aromatic rings. The van der Waals surface area contributed by atoms with E-state index in [1.807, 2.05) is 0 Å². The van der Waals surface area contributed by atoms with Gasteiger partial charge in [0.1, 0.15) is 0 Å². The van der Waals surface area contributed by atoms with Crippen molar-refractivity contribution in [3.63, 3.8) is 0 Å². The quantitative estimate of drug-likeness (QED) is 0.542. The Morgan fingerprint density at radius 1 is 0.833 bits per heavy atom. The minimum absolute atomic E-state index is 0.329. The van der Waals surface area contributed by atoms with E-state index in [1.165, 1.54) is 51.2 Å². The molecule has 0 unspecified atom stereocenters. The van der Waals surface area contributed by atoms with Crippen LogP contribution in [0, 0.1) is 0 Å². The summed E-state index contributed by atoms with van der Waals surface area (Å²) in [4.78, 5) is 0. The summed E-state index contributed by atoms with van der Waals surface area (Å²) < 4.78 is 0. The molecule has 2 fully saturated rings. The van der Waals surface area contributed by atoms with E-state index in [1.54, 1.807) is 25.7 Å². The van der Waals surface area contributed by atoms with E-state index in [-0.39, 0.29) is 0 Å². The second-order valence-electron chi connectivity index (χ2n) is 6.18. The summed E-state index contributed by atoms with van der Waals surface area (Å²) >= 11 is 0. The zero-order valence-corrected chi connectivity index (χ0v) is 13.2. The van der Waals surface area contributed by atoms with Gasteiger partial charge in [0.2, 0.25) is 0 Å². The molecule has 2 rings (SSSR count). The molecule has 2 aliphatic rings. The molecule has 18 heavy (non-hydrogen) atoms. The van der Waals surface area contributed by atoms with Gasteiger partial charge in [0.15, 0.2) is 0 Å². The molecule has 0 radical (unpaired) electrons. The molecule has 0 spiro atoms. The Morgan fingerprint density at radius 3 is 1.78 bits per heavy atom. The molecule has 0 aromatic carbocycles. The maximum Gasteiger partial charge on any atom is -0.000942 e. The maximum atomic E-state index is 3.57. The third-order valence-electron chi connectivity index (χ3n) is 4.88. The Balaban J connectivity index is 1.87. The van der Waals surface area contributed by atoms with Gasteiger partial charge in [0.25, 0.3) is 0 Å². The molecule has 0 aromatic heterocycles. The van der Waals surface area contributed by atoms with Crippen LogP contribution in [0.3, 0.4) is 0 Å². The molecule has 0 bridgehead atoms. The van der Waals surface area contributed by atoms with Gasteiger partial charge in [-0.2, -0.15) is 0 Å². The van der Waals surface area contributed by atoms with Crippen molar-refractivity contribution in [3.05, 3.63) is 0 Å². The average Bonchev–Trinajstić information content (AvgIpc) is 2.46. The van der Waals surface area contributed by atoms with Gasteiger partial charge >= 0.3 is 0 Å². The molecule has 0 heterocycles. The van der Waals surface area contributed by atoms with E-state index in [0.29, 0.717) is 7.92 Å². The molecule has 0 amide bonds. The highest BCUT2D eigenvalue weighted by molar-refractivity contribution is 7.59. The molecule has 1 nitrogen and oxygen atoms in total. The van der Waals surface area contributed by atoms with Crippen molar-refractivity contribution >= 4 is 7.92 Å². The Bertz CT molecular complexity index is 189. The van der Waals surface area contributed by atoms with Crippen LogP contribution in [-0.2, 0) is 0 Å². The van der Waals surface area contributed by atoms with Gasteiger partial charge in [-0.15, -0.1) is 0 Å². The second-order valence-corrected chi connectivity index (χ2v) is 9.11. The molecule has 0 aliphatic heterocycles. The van der Waals surface area contributed by atoms with Crippen LogP contribution in [-0.4, -0.2) is 30.6 Å². The molecule has 1 N–H and O–H groups in total. The van der Waals surface area contributed by atoms with E-state index < -0.39 is 0 Å². The van der Waals surface area contributed by atoms with Crippen LogP contribution in [0.1, 0.15) is 71.1 Å². The lowest BCUT2D eigenvalue weighted by molar-refractivity contribution is 0.483. The predicted molar refractivity (Wildman–Crippen MR) is 84.1 cm³/mol. The van der Waals surface area contributed by atoms with Crippen LogP contribution in [0.4, 0.5) is 0 Å². The van der Waals surface area contributed by atoms with E-state index in [9.17, 15) is 0 Å². The van der Waals surface area contributed by atoms with Crippen LogP contribution in [0.15, 0.2) is 0 Å². The summed E-state index contributed by atoms with van der Waals surface area (Å²) in [7, 11) is 0.329. The first-order chi connectivity index (χ1) is 8.92. The van der Waals surface area contributed by atoms with Crippen molar-refractivity contribution in [2.45, 2.75) is 82.4 Å². The molecule has 2 heteroatoms. The van der Waals surface area contributed by atoms with Crippen LogP contribution in [0.5, 0.6) is 0 Å². The summed E-state index contributed by atoms with van der Waals surface area (Å²) in [6, 6.07) is 0. The highest BCUT2D eigenvalue weighted by atomic mass is 31.1. The monoisotopic (exact) mass is 269 g/mol. The summed E-state index contributed by atoms with van der Waals surface area (Å²) in [6.07, 6.45) is 16.9. The second kappa shape index (κ2) is 8.54. The van der Waals surface area contributed by atoms with Crippen LogP contribution >= 0.6 is 7.92 Å². The Morgan fingerprint density at radius 2 is 1.33 bits per heavy atom. The lowest BCUT2D eigenvalue weighted by Crippen LogP contribution is -2.26. The average molecular weight is 269 g/mol. The van der Waals surface area contributed by atoms with Crippen molar-refractivity contribution < 1.29 is 0 Å². The fraction of sp³-hybridized carbons (Fsp3) is 1.00. The first-order valence-corrected chi connectivity index (χ1v) is 10.0. The molecule has 106 valence electrons. The molecular weight excluding hydrogens is 237 g/mol. The summed E-state index contributed by atoms with van der Waals surface area (Å²) in [6.45, 7) is 4.68. The summed E-state index contributed by atoms with van der Waals surface area (Å²) in [5.41, 5.74) is 2.27. The highest BCUT2D eigenvalue weighted by Gasteiger charge is 2.30. The van der Waals surface area contributed by atoms with E-state index in [2.05, 4.69) is 12.2 Å². The SMILES string of the molecule is CCNCCP(C1CCCCC1)C1CCCCC1. The fourth-order valence-corrected chi connectivity index (χ4v) is 7.67. The summed E-state index contributed by atoms with van der Waals surface area (Å²) in [5.74, 6) is 0. The van der Waals surface area contributed by atoms with Gasteiger partial charge < -0.3 is 5.32 Å².